The van der Waals surface area contributed by atoms with E-state index in [1.807, 2.05) is 4.72 Å². The summed E-state index contributed by atoms with van der Waals surface area (Å²) in [6, 6.07) is 4.09. The molecule has 110 valence electrons. The van der Waals surface area contributed by atoms with Crippen LogP contribution in [0.3, 0.4) is 0 Å². The van der Waals surface area contributed by atoms with Crippen molar-refractivity contribution in [3.63, 3.8) is 0 Å². The highest BCUT2D eigenvalue weighted by atomic mass is 32.2. The molecule has 0 spiro atoms. The Morgan fingerprint density at radius 3 is 2.57 bits per heavy atom. The molecule has 1 heterocycles. The van der Waals surface area contributed by atoms with Crippen LogP contribution in [-0.2, 0) is 10.0 Å². The Bertz CT molecular complexity index is 810. The van der Waals surface area contributed by atoms with Crippen LogP contribution in [0.4, 0.5) is 14.5 Å². The zero-order chi connectivity index (χ0) is 15.6. The van der Waals surface area contributed by atoms with Gasteiger partial charge in [0.05, 0.1) is 16.8 Å². The summed E-state index contributed by atoms with van der Waals surface area (Å²) < 4.78 is 53.2. The van der Waals surface area contributed by atoms with Crippen molar-refractivity contribution in [1.29, 1.82) is 0 Å². The summed E-state index contributed by atoms with van der Waals surface area (Å²) in [4.78, 5) is 2.94. The van der Waals surface area contributed by atoms with Gasteiger partial charge in [-0.2, -0.15) is 0 Å². The first kappa shape index (κ1) is 15.3. The Hall–Kier alpha value is -2.13. The van der Waals surface area contributed by atoms with Gasteiger partial charge < -0.3 is 5.73 Å². The number of pyridine rings is 1. The van der Waals surface area contributed by atoms with E-state index in [2.05, 4.69) is 17.2 Å². The first-order chi connectivity index (χ1) is 9.81. The third kappa shape index (κ3) is 3.31. The predicted molar refractivity (Wildman–Crippen MR) is 77.3 cm³/mol. The van der Waals surface area contributed by atoms with Crippen molar-refractivity contribution >= 4 is 32.9 Å². The maximum Gasteiger partial charge on any atom is 0.262 e. The molecule has 0 bridgehead atoms. The molecule has 0 saturated heterocycles. The maximum absolute atomic E-state index is 13.4. The molecule has 2 aromatic rings. The Kier molecular flexibility index (Phi) is 4.14. The fourth-order valence-corrected chi connectivity index (χ4v) is 2.77. The molecule has 0 amide bonds. The minimum absolute atomic E-state index is 0.205. The van der Waals surface area contributed by atoms with Crippen molar-refractivity contribution in [2.75, 3.05) is 4.72 Å². The third-order valence-corrected chi connectivity index (χ3v) is 4.11. The molecule has 0 saturated carbocycles. The number of nitrogens with zero attached hydrogens (tertiary/aromatic N) is 1. The van der Waals surface area contributed by atoms with E-state index in [9.17, 15) is 17.2 Å². The van der Waals surface area contributed by atoms with Crippen molar-refractivity contribution in [3.8, 4) is 0 Å². The Morgan fingerprint density at radius 2 is 1.95 bits per heavy atom. The van der Waals surface area contributed by atoms with Gasteiger partial charge in [0.25, 0.3) is 10.0 Å². The van der Waals surface area contributed by atoms with Gasteiger partial charge in [0.2, 0.25) is 0 Å². The van der Waals surface area contributed by atoms with Crippen molar-refractivity contribution in [3.05, 3.63) is 53.9 Å². The topological polar surface area (TPSA) is 85.1 Å². The monoisotopic (exact) mass is 329 g/mol. The van der Waals surface area contributed by atoms with Gasteiger partial charge in [-0.25, -0.2) is 17.2 Å². The molecule has 0 unspecified atom stereocenters. The number of nitrogens with one attached hydrogen (secondary N) is 1. The van der Waals surface area contributed by atoms with Gasteiger partial charge in [-0.1, -0.05) is 12.2 Å². The lowest BCUT2D eigenvalue weighted by Crippen LogP contribution is -2.17. The molecular weight excluding hydrogens is 320 g/mol. The summed E-state index contributed by atoms with van der Waals surface area (Å²) in [6.45, 7) is 0. The molecule has 2 rings (SSSR count). The van der Waals surface area contributed by atoms with Crippen LogP contribution >= 0.6 is 12.2 Å². The third-order valence-electron chi connectivity index (χ3n) is 2.53. The summed E-state index contributed by atoms with van der Waals surface area (Å²) in [5.41, 5.74) is 4.83. The van der Waals surface area contributed by atoms with Crippen LogP contribution in [0.15, 0.2) is 41.6 Å². The van der Waals surface area contributed by atoms with Crippen LogP contribution in [0.1, 0.15) is 5.56 Å². The van der Waals surface area contributed by atoms with Crippen LogP contribution < -0.4 is 10.5 Å². The number of benzene rings is 1. The molecule has 21 heavy (non-hydrogen) atoms. The second-order valence-electron chi connectivity index (χ2n) is 3.97. The fourth-order valence-electron chi connectivity index (χ4n) is 1.52. The molecule has 0 aliphatic heterocycles. The van der Waals surface area contributed by atoms with E-state index in [4.69, 9.17) is 5.73 Å². The van der Waals surface area contributed by atoms with Crippen LogP contribution in [0, 0.1) is 11.6 Å². The Morgan fingerprint density at radius 1 is 1.24 bits per heavy atom. The normalized spacial score (nSPS) is 11.1. The second-order valence-corrected chi connectivity index (χ2v) is 6.09. The van der Waals surface area contributed by atoms with Gasteiger partial charge >= 0.3 is 0 Å². The van der Waals surface area contributed by atoms with Crippen molar-refractivity contribution in [2.24, 2.45) is 5.73 Å². The molecular formula is C12H9F2N3O2S2. The molecule has 0 aliphatic carbocycles. The molecule has 0 aliphatic rings. The first-order valence-electron chi connectivity index (χ1n) is 5.53. The minimum Gasteiger partial charge on any atom is -0.389 e. The van der Waals surface area contributed by atoms with Gasteiger partial charge in [-0.3, -0.25) is 9.71 Å². The molecule has 0 radical (unpaired) electrons. The summed E-state index contributed by atoms with van der Waals surface area (Å²) in [5.74, 6) is -1.57. The Balaban J connectivity index is 2.43. The second kappa shape index (κ2) is 5.70. The highest BCUT2D eigenvalue weighted by Crippen LogP contribution is 2.20. The summed E-state index contributed by atoms with van der Waals surface area (Å²) in [7, 11) is -4.11. The lowest BCUT2D eigenvalue weighted by Gasteiger charge is -2.10. The van der Waals surface area contributed by atoms with E-state index in [1.165, 1.54) is 6.20 Å². The molecule has 1 aromatic carbocycles. The fraction of sp³-hybridized carbons (Fsp3) is 0. The lowest BCUT2D eigenvalue weighted by molar-refractivity contribution is 0.596. The maximum atomic E-state index is 13.4. The van der Waals surface area contributed by atoms with Gasteiger partial charge in [0.15, 0.2) is 5.82 Å². The zero-order valence-electron chi connectivity index (χ0n) is 10.4. The highest BCUT2D eigenvalue weighted by Gasteiger charge is 2.18. The van der Waals surface area contributed by atoms with Crippen LogP contribution in [0.2, 0.25) is 0 Å². The number of nitrogens with two attached hydrogens (primary N) is 1. The number of anilines is 1. The summed E-state index contributed by atoms with van der Waals surface area (Å²) in [5, 5.41) is 0. The van der Waals surface area contributed by atoms with E-state index in [-0.39, 0.29) is 21.1 Å². The summed E-state index contributed by atoms with van der Waals surface area (Å²) in [6.07, 6.45) is 2.09. The van der Waals surface area contributed by atoms with Crippen LogP contribution in [-0.4, -0.2) is 18.4 Å². The number of sulfonamides is 1. The standard InChI is InChI=1S/C12H9F2N3O2S2/c13-9-2-1-7(5-8(9)12(15)20)21(18,19)17-11-3-4-16-6-10(11)14/h1-6H,(H2,15,20)(H,16,17). The van der Waals surface area contributed by atoms with Gasteiger partial charge in [0, 0.05) is 11.8 Å². The smallest absolute Gasteiger partial charge is 0.262 e. The largest absolute Gasteiger partial charge is 0.389 e. The number of rotatable bonds is 4. The van der Waals surface area contributed by atoms with E-state index in [0.717, 1.165) is 30.5 Å². The SMILES string of the molecule is NC(=S)c1cc(S(=O)(=O)Nc2ccncc2F)ccc1F. The minimum atomic E-state index is -4.11. The first-order valence-corrected chi connectivity index (χ1v) is 7.42. The van der Waals surface area contributed by atoms with Crippen LogP contribution in [0.5, 0.6) is 0 Å². The van der Waals surface area contributed by atoms with E-state index in [1.54, 1.807) is 0 Å². The van der Waals surface area contributed by atoms with E-state index in [0.29, 0.717) is 0 Å². The predicted octanol–water partition coefficient (Wildman–Crippen LogP) is 1.79. The number of hydrogen-bond acceptors (Lipinski definition) is 4. The number of halogens is 2. The number of thiocarbonyl (C=S) groups is 1. The Labute approximate surface area is 124 Å². The molecule has 5 nitrogen and oxygen atoms in total. The quantitative estimate of drug-likeness (QED) is 0.836. The van der Waals surface area contributed by atoms with Crippen molar-refractivity contribution in [1.82, 2.24) is 4.98 Å². The van der Waals surface area contributed by atoms with Crippen LogP contribution in [0.25, 0.3) is 0 Å². The van der Waals surface area contributed by atoms with Gasteiger partial charge in [0.1, 0.15) is 10.8 Å². The summed E-state index contributed by atoms with van der Waals surface area (Å²) >= 11 is 4.64. The number of hydrogen-bond donors (Lipinski definition) is 2. The molecule has 9 heteroatoms. The van der Waals surface area contributed by atoms with Gasteiger partial charge in [-0.15, -0.1) is 0 Å². The average molecular weight is 329 g/mol. The van der Waals surface area contributed by atoms with Crippen molar-refractivity contribution < 1.29 is 17.2 Å². The number of aromatic nitrogens is 1. The van der Waals surface area contributed by atoms with E-state index >= 15 is 0 Å². The zero-order valence-corrected chi connectivity index (χ0v) is 12.0. The van der Waals surface area contributed by atoms with Gasteiger partial charge in [-0.05, 0) is 24.3 Å². The molecule has 0 atom stereocenters. The molecule has 0 fully saturated rings. The molecule has 3 N–H and O–H groups in total. The van der Waals surface area contributed by atoms with E-state index < -0.39 is 21.7 Å². The lowest BCUT2D eigenvalue weighted by atomic mass is 10.2. The highest BCUT2D eigenvalue weighted by molar-refractivity contribution is 7.92. The average Bonchev–Trinajstić information content (AvgIpc) is 2.41. The van der Waals surface area contributed by atoms with Crippen molar-refractivity contribution in [2.45, 2.75) is 4.90 Å². The molecule has 1 aromatic heterocycles.